The average molecular weight is 456 g/mol. The van der Waals surface area contributed by atoms with E-state index in [4.69, 9.17) is 9.15 Å². The van der Waals surface area contributed by atoms with Gasteiger partial charge in [-0.2, -0.15) is 5.10 Å². The molecule has 0 fully saturated rings. The minimum atomic E-state index is -0.437. The summed E-state index contributed by atoms with van der Waals surface area (Å²) in [5.74, 6) is 0.690. The molecule has 4 aromatic rings. The van der Waals surface area contributed by atoms with Gasteiger partial charge < -0.3 is 9.15 Å². The van der Waals surface area contributed by atoms with E-state index in [1.807, 2.05) is 30.3 Å². The highest BCUT2D eigenvalue weighted by atomic mass is 79.9. The number of thiazole rings is 1. The first-order valence-electron chi connectivity index (χ1n) is 8.25. The van der Waals surface area contributed by atoms with E-state index in [1.54, 1.807) is 36.9 Å². The number of aromatic nitrogens is 1. The lowest BCUT2D eigenvalue weighted by molar-refractivity contribution is 0.415. The lowest BCUT2D eigenvalue weighted by Gasteiger charge is -2.03. The minimum Gasteiger partial charge on any atom is -0.497 e. The first-order valence-corrected chi connectivity index (χ1v) is 9.92. The third-order valence-electron chi connectivity index (χ3n) is 3.96. The van der Waals surface area contributed by atoms with Crippen LogP contribution in [0.5, 0.6) is 5.75 Å². The summed E-state index contributed by atoms with van der Waals surface area (Å²) in [5, 5.41) is 7.32. The summed E-state index contributed by atoms with van der Waals surface area (Å²) in [6, 6.07) is 14.8. The maximum Gasteiger partial charge on any atom is 0.345 e. The number of hydrazone groups is 1. The second kappa shape index (κ2) is 7.95. The molecule has 0 aliphatic carbocycles. The molecule has 140 valence electrons. The highest BCUT2D eigenvalue weighted by molar-refractivity contribution is 9.10. The van der Waals surface area contributed by atoms with Gasteiger partial charge in [-0.05, 0) is 42.0 Å². The molecule has 0 aliphatic rings. The molecule has 2 aromatic heterocycles. The molecule has 8 heteroatoms. The first-order chi connectivity index (χ1) is 13.6. The second-order valence-electron chi connectivity index (χ2n) is 5.81. The van der Waals surface area contributed by atoms with Gasteiger partial charge in [0.15, 0.2) is 0 Å². The zero-order valence-electron chi connectivity index (χ0n) is 14.7. The van der Waals surface area contributed by atoms with Gasteiger partial charge in [-0.25, -0.2) is 9.78 Å². The standard InChI is InChI=1S/C20H14BrN3O3S/c1-26-15-6-7-18-13(8-15)9-16(19(25)27-18)17-11-28-20(23-17)24-22-10-12-2-4-14(21)5-3-12/h2-11H,1H3,(H,23,24). The number of nitrogens with one attached hydrogen (secondary N) is 1. The molecular formula is C20H14BrN3O3S. The van der Waals surface area contributed by atoms with Gasteiger partial charge in [0.25, 0.3) is 0 Å². The number of rotatable bonds is 5. The van der Waals surface area contributed by atoms with Crippen LogP contribution in [0.2, 0.25) is 0 Å². The Bertz CT molecular complexity index is 1220. The van der Waals surface area contributed by atoms with Crippen molar-refractivity contribution in [2.75, 3.05) is 12.5 Å². The third-order valence-corrected chi connectivity index (χ3v) is 5.24. The highest BCUT2D eigenvalue weighted by Crippen LogP contribution is 2.27. The van der Waals surface area contributed by atoms with Gasteiger partial charge in [0.1, 0.15) is 11.3 Å². The topological polar surface area (TPSA) is 76.7 Å². The molecule has 0 atom stereocenters. The average Bonchev–Trinajstić information content (AvgIpc) is 3.17. The summed E-state index contributed by atoms with van der Waals surface area (Å²) in [4.78, 5) is 16.8. The van der Waals surface area contributed by atoms with Gasteiger partial charge in [-0.1, -0.05) is 28.1 Å². The van der Waals surface area contributed by atoms with Gasteiger partial charge in [0, 0.05) is 15.2 Å². The molecule has 4 rings (SSSR count). The van der Waals surface area contributed by atoms with Crippen LogP contribution in [0.25, 0.3) is 22.2 Å². The van der Waals surface area contributed by atoms with Gasteiger partial charge in [-0.15, -0.1) is 11.3 Å². The van der Waals surface area contributed by atoms with Crippen molar-refractivity contribution in [3.63, 3.8) is 0 Å². The lowest BCUT2D eigenvalue weighted by atomic mass is 10.1. The van der Waals surface area contributed by atoms with Crippen molar-refractivity contribution in [2.45, 2.75) is 0 Å². The van der Waals surface area contributed by atoms with Crippen molar-refractivity contribution in [1.82, 2.24) is 4.98 Å². The maximum absolute atomic E-state index is 12.3. The molecule has 0 bridgehead atoms. The molecule has 0 aliphatic heterocycles. The number of hydrogen-bond acceptors (Lipinski definition) is 7. The predicted molar refractivity (Wildman–Crippen MR) is 116 cm³/mol. The van der Waals surface area contributed by atoms with Crippen molar-refractivity contribution in [3.05, 3.63) is 74.4 Å². The smallest absolute Gasteiger partial charge is 0.345 e. The number of ether oxygens (including phenoxy) is 1. The van der Waals surface area contributed by atoms with Gasteiger partial charge in [-0.3, -0.25) is 5.43 Å². The van der Waals surface area contributed by atoms with E-state index in [-0.39, 0.29) is 0 Å². The van der Waals surface area contributed by atoms with Crippen molar-refractivity contribution in [3.8, 4) is 17.0 Å². The Morgan fingerprint density at radius 1 is 1.21 bits per heavy atom. The SMILES string of the molecule is COc1ccc2oc(=O)c(-c3csc(NN=Cc4ccc(Br)cc4)n3)cc2c1. The van der Waals surface area contributed by atoms with E-state index < -0.39 is 5.63 Å². The van der Waals surface area contributed by atoms with E-state index >= 15 is 0 Å². The number of benzene rings is 2. The second-order valence-corrected chi connectivity index (χ2v) is 7.58. The summed E-state index contributed by atoms with van der Waals surface area (Å²) >= 11 is 4.75. The molecule has 0 radical (unpaired) electrons. The van der Waals surface area contributed by atoms with Crippen molar-refractivity contribution in [2.24, 2.45) is 5.10 Å². The molecular weight excluding hydrogens is 442 g/mol. The van der Waals surface area contributed by atoms with Crippen LogP contribution in [-0.2, 0) is 0 Å². The molecule has 6 nitrogen and oxygen atoms in total. The Morgan fingerprint density at radius 3 is 2.82 bits per heavy atom. The molecule has 0 saturated heterocycles. The highest BCUT2D eigenvalue weighted by Gasteiger charge is 2.12. The van der Waals surface area contributed by atoms with Crippen molar-refractivity contribution >= 4 is 49.6 Å². The predicted octanol–water partition coefficient (Wildman–Crippen LogP) is 5.13. The molecule has 0 amide bonds. The van der Waals surface area contributed by atoms with E-state index in [2.05, 4.69) is 31.4 Å². The molecule has 2 heterocycles. The summed E-state index contributed by atoms with van der Waals surface area (Å²) in [7, 11) is 1.59. The Morgan fingerprint density at radius 2 is 2.04 bits per heavy atom. The van der Waals surface area contributed by atoms with E-state index in [0.29, 0.717) is 27.7 Å². The van der Waals surface area contributed by atoms with Crippen LogP contribution in [0.15, 0.2) is 72.7 Å². The van der Waals surface area contributed by atoms with E-state index in [1.165, 1.54) is 11.3 Å². The Labute approximate surface area is 172 Å². The lowest BCUT2D eigenvalue weighted by Crippen LogP contribution is -2.03. The van der Waals surface area contributed by atoms with Crippen molar-refractivity contribution < 1.29 is 9.15 Å². The maximum atomic E-state index is 12.3. The molecule has 0 saturated carbocycles. The number of anilines is 1. The number of fused-ring (bicyclic) bond motifs is 1. The quantitative estimate of drug-likeness (QED) is 0.256. The largest absolute Gasteiger partial charge is 0.497 e. The zero-order valence-corrected chi connectivity index (χ0v) is 17.1. The summed E-state index contributed by atoms with van der Waals surface area (Å²) in [6.45, 7) is 0. The fraction of sp³-hybridized carbons (Fsp3) is 0.0500. The number of hydrogen-bond donors (Lipinski definition) is 1. The van der Waals surface area contributed by atoms with Crippen LogP contribution in [0.4, 0.5) is 5.13 Å². The first kappa shape index (κ1) is 18.4. The normalized spacial score (nSPS) is 11.2. The van der Waals surface area contributed by atoms with Crippen LogP contribution in [-0.4, -0.2) is 18.3 Å². The molecule has 28 heavy (non-hydrogen) atoms. The number of methoxy groups -OCH3 is 1. The minimum absolute atomic E-state index is 0.391. The van der Waals surface area contributed by atoms with E-state index in [0.717, 1.165) is 15.4 Å². The number of nitrogens with zero attached hydrogens (tertiary/aromatic N) is 2. The summed E-state index contributed by atoms with van der Waals surface area (Å²) in [5.41, 5.74) is 4.83. The molecule has 0 unspecified atom stereocenters. The van der Waals surface area contributed by atoms with Gasteiger partial charge >= 0.3 is 5.63 Å². The molecule has 1 N–H and O–H groups in total. The van der Waals surface area contributed by atoms with Gasteiger partial charge in [0.2, 0.25) is 5.13 Å². The van der Waals surface area contributed by atoms with E-state index in [9.17, 15) is 4.79 Å². The fourth-order valence-electron chi connectivity index (χ4n) is 2.57. The monoisotopic (exact) mass is 455 g/mol. The summed E-state index contributed by atoms with van der Waals surface area (Å²) in [6.07, 6.45) is 1.70. The number of halogens is 1. The van der Waals surface area contributed by atoms with Crippen LogP contribution in [0.1, 0.15) is 5.56 Å². The Balaban J connectivity index is 1.57. The fourth-order valence-corrected chi connectivity index (χ4v) is 3.49. The molecule has 2 aromatic carbocycles. The Hall–Kier alpha value is -2.97. The Kier molecular flexibility index (Phi) is 5.23. The van der Waals surface area contributed by atoms with Crippen LogP contribution in [0.3, 0.4) is 0 Å². The van der Waals surface area contributed by atoms with Crippen LogP contribution < -0.4 is 15.8 Å². The van der Waals surface area contributed by atoms with Crippen molar-refractivity contribution in [1.29, 1.82) is 0 Å². The third kappa shape index (κ3) is 3.97. The molecule has 0 spiro atoms. The van der Waals surface area contributed by atoms with Crippen LogP contribution >= 0.6 is 27.3 Å². The summed E-state index contributed by atoms with van der Waals surface area (Å²) < 4.78 is 11.6. The zero-order chi connectivity index (χ0) is 19.5. The van der Waals surface area contributed by atoms with Crippen LogP contribution in [0, 0.1) is 0 Å². The van der Waals surface area contributed by atoms with Gasteiger partial charge in [0.05, 0.1) is 24.6 Å².